The van der Waals surface area contributed by atoms with E-state index in [9.17, 15) is 9.59 Å². The van der Waals surface area contributed by atoms with E-state index in [1.165, 1.54) is 6.26 Å². The van der Waals surface area contributed by atoms with Gasteiger partial charge in [0.2, 0.25) is 0 Å². The van der Waals surface area contributed by atoms with Gasteiger partial charge in [-0.2, -0.15) is 0 Å². The minimum atomic E-state index is -0.352. The number of carbonyl (C=O) groups is 2. The first-order valence-electron chi connectivity index (χ1n) is 7.14. The van der Waals surface area contributed by atoms with Gasteiger partial charge in [0.15, 0.2) is 5.76 Å². The fourth-order valence-corrected chi connectivity index (χ4v) is 2.30. The van der Waals surface area contributed by atoms with Crippen LogP contribution in [0.4, 0.5) is 10.5 Å². The number of pyridine rings is 1. The molecule has 2 heterocycles. The molecule has 8 heteroatoms. The second-order valence-electron chi connectivity index (χ2n) is 4.43. The van der Waals surface area contributed by atoms with Crippen molar-refractivity contribution in [1.82, 2.24) is 15.6 Å². The minimum absolute atomic E-state index is 0.241. The third kappa shape index (κ3) is 5.67. The van der Waals surface area contributed by atoms with Crippen molar-refractivity contribution in [1.29, 1.82) is 0 Å². The number of anilines is 1. The molecule has 0 fully saturated rings. The van der Waals surface area contributed by atoms with Crippen LogP contribution in [-0.4, -0.2) is 35.8 Å². The molecule has 0 radical (unpaired) electrons. The molecule has 23 heavy (non-hydrogen) atoms. The Morgan fingerprint density at radius 1 is 1.22 bits per heavy atom. The maximum absolute atomic E-state index is 11.7. The summed E-state index contributed by atoms with van der Waals surface area (Å²) in [5.74, 6) is 0.875. The topological polar surface area (TPSA) is 96.3 Å². The van der Waals surface area contributed by atoms with Gasteiger partial charge in [-0.3, -0.25) is 4.79 Å². The van der Waals surface area contributed by atoms with E-state index in [-0.39, 0.29) is 17.7 Å². The van der Waals surface area contributed by atoms with Gasteiger partial charge in [-0.15, -0.1) is 11.8 Å². The molecule has 7 nitrogen and oxygen atoms in total. The van der Waals surface area contributed by atoms with E-state index >= 15 is 0 Å². The number of furan rings is 1. The maximum Gasteiger partial charge on any atom is 0.319 e. The van der Waals surface area contributed by atoms with E-state index in [4.69, 9.17) is 4.42 Å². The van der Waals surface area contributed by atoms with Crippen LogP contribution in [0.3, 0.4) is 0 Å². The Morgan fingerprint density at radius 3 is 2.70 bits per heavy atom. The lowest BCUT2D eigenvalue weighted by molar-refractivity contribution is 0.0926. The Bertz CT molecular complexity index is 629. The predicted octanol–water partition coefficient (Wildman–Crippen LogP) is 2.34. The second kappa shape index (κ2) is 8.84. The Morgan fingerprint density at radius 2 is 2.04 bits per heavy atom. The van der Waals surface area contributed by atoms with Crippen molar-refractivity contribution in [2.45, 2.75) is 11.9 Å². The fraction of sp³-hybridized carbons (Fsp3) is 0.267. The summed E-state index contributed by atoms with van der Waals surface area (Å²) in [5, 5.41) is 8.87. The summed E-state index contributed by atoms with van der Waals surface area (Å²) >= 11 is 1.63. The zero-order chi connectivity index (χ0) is 16.5. The molecule has 0 atom stereocenters. The third-order valence-electron chi connectivity index (χ3n) is 2.73. The molecular weight excluding hydrogens is 316 g/mol. The second-order valence-corrected chi connectivity index (χ2v) is 5.72. The molecule has 3 N–H and O–H groups in total. The van der Waals surface area contributed by atoms with Crippen molar-refractivity contribution in [3.63, 3.8) is 0 Å². The molecule has 122 valence electrons. The lowest BCUT2D eigenvalue weighted by Gasteiger charge is -2.08. The molecule has 0 aliphatic carbocycles. The smallest absolute Gasteiger partial charge is 0.319 e. The van der Waals surface area contributed by atoms with Crippen LogP contribution >= 0.6 is 11.8 Å². The number of hydrogen-bond acceptors (Lipinski definition) is 5. The Labute approximate surface area is 138 Å². The van der Waals surface area contributed by atoms with E-state index in [1.54, 1.807) is 36.2 Å². The molecule has 3 amide bonds. The average Bonchev–Trinajstić information content (AvgIpc) is 3.08. The molecule has 0 bridgehead atoms. The van der Waals surface area contributed by atoms with Gasteiger partial charge in [0.1, 0.15) is 0 Å². The summed E-state index contributed by atoms with van der Waals surface area (Å²) in [6.45, 7) is 2.66. The zero-order valence-electron chi connectivity index (χ0n) is 12.7. The predicted molar refractivity (Wildman–Crippen MR) is 88.7 cm³/mol. The van der Waals surface area contributed by atoms with Gasteiger partial charge in [-0.25, -0.2) is 9.78 Å². The van der Waals surface area contributed by atoms with Crippen molar-refractivity contribution in [3.05, 3.63) is 42.5 Å². The first-order valence-corrected chi connectivity index (χ1v) is 8.13. The number of carbonyl (C=O) groups excluding carboxylic acids is 2. The van der Waals surface area contributed by atoms with Crippen LogP contribution in [0.15, 0.2) is 46.2 Å². The highest BCUT2D eigenvalue weighted by Crippen LogP contribution is 2.16. The summed E-state index contributed by atoms with van der Waals surface area (Å²) in [6, 6.07) is 6.51. The van der Waals surface area contributed by atoms with E-state index in [0.717, 1.165) is 10.8 Å². The van der Waals surface area contributed by atoms with Crippen molar-refractivity contribution in [3.8, 4) is 0 Å². The molecule has 0 saturated heterocycles. The van der Waals surface area contributed by atoms with Crippen LogP contribution < -0.4 is 16.0 Å². The largest absolute Gasteiger partial charge is 0.459 e. The summed E-state index contributed by atoms with van der Waals surface area (Å²) in [7, 11) is 0. The number of nitrogens with zero attached hydrogens (tertiary/aromatic N) is 1. The number of rotatable bonds is 7. The molecule has 0 aromatic carbocycles. The molecule has 0 unspecified atom stereocenters. The molecule has 2 aromatic heterocycles. The number of nitrogens with one attached hydrogen (secondary N) is 3. The Kier molecular flexibility index (Phi) is 6.49. The van der Waals surface area contributed by atoms with Crippen LogP contribution in [-0.2, 0) is 0 Å². The summed E-state index contributed by atoms with van der Waals surface area (Å²) < 4.78 is 4.96. The van der Waals surface area contributed by atoms with Gasteiger partial charge in [0, 0.05) is 13.1 Å². The highest BCUT2D eigenvalue weighted by Gasteiger charge is 2.07. The molecule has 2 rings (SSSR count). The number of thioether (sulfide) groups is 1. The Balaban J connectivity index is 1.66. The fourth-order valence-electron chi connectivity index (χ4n) is 1.71. The molecule has 0 saturated carbocycles. The van der Waals surface area contributed by atoms with Crippen LogP contribution in [0.25, 0.3) is 0 Å². The van der Waals surface area contributed by atoms with E-state index in [0.29, 0.717) is 18.8 Å². The van der Waals surface area contributed by atoms with E-state index in [1.807, 2.05) is 6.07 Å². The highest BCUT2D eigenvalue weighted by atomic mass is 32.2. The minimum Gasteiger partial charge on any atom is -0.459 e. The van der Waals surface area contributed by atoms with Crippen LogP contribution in [0, 0.1) is 0 Å². The maximum atomic E-state index is 11.7. The molecule has 2 aromatic rings. The molecule has 0 aliphatic rings. The van der Waals surface area contributed by atoms with Crippen molar-refractivity contribution < 1.29 is 14.0 Å². The summed E-state index contributed by atoms with van der Waals surface area (Å²) in [5.41, 5.74) is 0.613. The summed E-state index contributed by atoms with van der Waals surface area (Å²) in [6.07, 6.45) is 3.04. The van der Waals surface area contributed by atoms with Crippen LogP contribution in [0.5, 0.6) is 0 Å². The monoisotopic (exact) mass is 334 g/mol. The van der Waals surface area contributed by atoms with Crippen LogP contribution in [0.1, 0.15) is 17.5 Å². The highest BCUT2D eigenvalue weighted by molar-refractivity contribution is 7.99. The van der Waals surface area contributed by atoms with Crippen LogP contribution in [0.2, 0.25) is 0 Å². The number of urea groups is 1. The lowest BCUT2D eigenvalue weighted by Crippen LogP contribution is -2.36. The standard InChI is InChI=1S/C15H18N4O3S/c1-2-23-13-6-5-11(10-18-13)19-15(21)17-8-7-16-14(20)12-4-3-9-22-12/h3-6,9-10H,2,7-8H2,1H3,(H,16,20)(H2,17,19,21). The number of hydrogen-bond donors (Lipinski definition) is 3. The summed E-state index contributed by atoms with van der Waals surface area (Å²) in [4.78, 5) is 27.5. The third-order valence-corrected chi connectivity index (χ3v) is 3.55. The van der Waals surface area contributed by atoms with Gasteiger partial charge in [-0.1, -0.05) is 6.92 Å². The van der Waals surface area contributed by atoms with Gasteiger partial charge in [0.25, 0.3) is 5.91 Å². The van der Waals surface area contributed by atoms with Crippen molar-refractivity contribution in [2.24, 2.45) is 0 Å². The van der Waals surface area contributed by atoms with Gasteiger partial charge >= 0.3 is 6.03 Å². The van der Waals surface area contributed by atoms with Crippen molar-refractivity contribution >= 4 is 29.4 Å². The first kappa shape index (κ1) is 16.9. The first-order chi connectivity index (χ1) is 11.2. The normalized spacial score (nSPS) is 10.1. The zero-order valence-corrected chi connectivity index (χ0v) is 13.5. The van der Waals surface area contributed by atoms with Gasteiger partial charge in [0.05, 0.1) is 23.2 Å². The van der Waals surface area contributed by atoms with Gasteiger partial charge in [-0.05, 0) is 30.0 Å². The van der Waals surface area contributed by atoms with E-state index < -0.39 is 0 Å². The molecule has 0 aliphatic heterocycles. The number of aromatic nitrogens is 1. The molecule has 0 spiro atoms. The average molecular weight is 334 g/mol. The van der Waals surface area contributed by atoms with Gasteiger partial charge < -0.3 is 20.4 Å². The van der Waals surface area contributed by atoms with E-state index in [2.05, 4.69) is 27.9 Å². The quantitative estimate of drug-likeness (QED) is 0.533. The van der Waals surface area contributed by atoms with Crippen molar-refractivity contribution in [2.75, 3.05) is 24.2 Å². The number of amides is 3. The SMILES string of the molecule is CCSc1ccc(NC(=O)NCCNC(=O)c2ccco2)cn1. The Hall–Kier alpha value is -2.48. The molecular formula is C15H18N4O3S. The lowest BCUT2D eigenvalue weighted by atomic mass is 10.4.